The van der Waals surface area contributed by atoms with Crippen LogP contribution in [0, 0.1) is 24.2 Å². The maximum atomic E-state index is 5.81. The third-order valence-corrected chi connectivity index (χ3v) is 3.50. The van der Waals surface area contributed by atoms with E-state index in [2.05, 4.69) is 38.9 Å². The van der Waals surface area contributed by atoms with E-state index < -0.39 is 0 Å². The average Bonchev–Trinajstić information content (AvgIpc) is 2.45. The van der Waals surface area contributed by atoms with Crippen LogP contribution in [-0.2, 0) is 4.74 Å². The molecule has 1 heterocycles. The Kier molecular flexibility index (Phi) is 4.63. The van der Waals surface area contributed by atoms with Gasteiger partial charge < -0.3 is 10.1 Å². The summed E-state index contributed by atoms with van der Waals surface area (Å²) in [6.07, 6.45) is 7.30. The van der Waals surface area contributed by atoms with Crippen LogP contribution in [0.25, 0.3) is 0 Å². The van der Waals surface area contributed by atoms with Gasteiger partial charge in [-0.15, -0.1) is 6.42 Å². The normalized spacial score (nSPS) is 37.5. The van der Waals surface area contributed by atoms with E-state index in [0.717, 1.165) is 13.0 Å². The van der Waals surface area contributed by atoms with Gasteiger partial charge >= 0.3 is 0 Å². The fraction of sp³-hybridized carbons (Fsp3) is 0.846. The molecule has 0 radical (unpaired) electrons. The van der Waals surface area contributed by atoms with E-state index in [1.165, 1.54) is 0 Å². The van der Waals surface area contributed by atoms with Crippen molar-refractivity contribution in [1.82, 2.24) is 5.32 Å². The highest BCUT2D eigenvalue weighted by atomic mass is 16.5. The summed E-state index contributed by atoms with van der Waals surface area (Å²) < 4.78 is 5.81. The molecule has 1 aliphatic rings. The Morgan fingerprint density at radius 3 is 2.40 bits per heavy atom. The molecule has 5 unspecified atom stereocenters. The second-order valence-electron chi connectivity index (χ2n) is 4.58. The molecule has 1 rings (SSSR count). The van der Waals surface area contributed by atoms with Gasteiger partial charge in [0.25, 0.3) is 0 Å². The number of terminal acetylenes is 1. The van der Waals surface area contributed by atoms with Crippen LogP contribution in [0.2, 0.25) is 0 Å². The lowest BCUT2D eigenvalue weighted by atomic mass is 9.83. The molecule has 1 saturated heterocycles. The molecule has 1 N–H and O–H groups in total. The highest BCUT2D eigenvalue weighted by Gasteiger charge is 2.40. The van der Waals surface area contributed by atoms with E-state index in [-0.39, 0.29) is 12.1 Å². The van der Waals surface area contributed by atoms with Gasteiger partial charge in [-0.05, 0) is 32.7 Å². The highest BCUT2D eigenvalue weighted by Crippen LogP contribution is 2.34. The molecular weight excluding hydrogens is 186 g/mol. The molecule has 1 aliphatic heterocycles. The minimum atomic E-state index is 0.153. The minimum Gasteiger partial charge on any atom is -0.375 e. The minimum absolute atomic E-state index is 0.153. The van der Waals surface area contributed by atoms with E-state index in [1.807, 2.05) is 0 Å². The molecule has 0 spiro atoms. The fourth-order valence-electron chi connectivity index (χ4n) is 2.47. The lowest BCUT2D eigenvalue weighted by Crippen LogP contribution is -2.41. The van der Waals surface area contributed by atoms with E-state index >= 15 is 0 Å². The second-order valence-corrected chi connectivity index (χ2v) is 4.58. The van der Waals surface area contributed by atoms with E-state index in [0.29, 0.717) is 17.9 Å². The SMILES string of the molecule is C#CC(NCCC)C1C(C)OC(C)C1C. The molecule has 15 heavy (non-hydrogen) atoms. The van der Waals surface area contributed by atoms with Crippen molar-refractivity contribution >= 4 is 0 Å². The zero-order chi connectivity index (χ0) is 11.4. The van der Waals surface area contributed by atoms with Crippen LogP contribution >= 0.6 is 0 Å². The van der Waals surface area contributed by atoms with Crippen LogP contribution in [0.5, 0.6) is 0 Å². The van der Waals surface area contributed by atoms with Crippen LogP contribution in [0.15, 0.2) is 0 Å². The van der Waals surface area contributed by atoms with Crippen LogP contribution < -0.4 is 5.32 Å². The first-order chi connectivity index (χ1) is 7.11. The van der Waals surface area contributed by atoms with E-state index in [9.17, 15) is 0 Å². The van der Waals surface area contributed by atoms with Gasteiger partial charge in [0.2, 0.25) is 0 Å². The van der Waals surface area contributed by atoms with Crippen molar-refractivity contribution in [3.63, 3.8) is 0 Å². The predicted octanol–water partition coefficient (Wildman–Crippen LogP) is 2.05. The first kappa shape index (κ1) is 12.5. The molecule has 0 aromatic carbocycles. The molecule has 1 fully saturated rings. The van der Waals surface area contributed by atoms with Gasteiger partial charge in [0, 0.05) is 5.92 Å². The lowest BCUT2D eigenvalue weighted by Gasteiger charge is -2.25. The summed E-state index contributed by atoms with van der Waals surface area (Å²) in [7, 11) is 0. The third kappa shape index (κ3) is 2.74. The number of ether oxygens (including phenoxy) is 1. The molecule has 2 nitrogen and oxygen atoms in total. The molecule has 2 heteroatoms. The van der Waals surface area contributed by atoms with Crippen molar-refractivity contribution in [2.24, 2.45) is 11.8 Å². The van der Waals surface area contributed by atoms with Crippen molar-refractivity contribution in [1.29, 1.82) is 0 Å². The van der Waals surface area contributed by atoms with E-state index in [4.69, 9.17) is 11.2 Å². The Balaban J connectivity index is 2.63. The first-order valence-corrected chi connectivity index (χ1v) is 5.96. The summed E-state index contributed by atoms with van der Waals surface area (Å²) in [6, 6.07) is 0.153. The molecule has 0 aromatic rings. The molecule has 0 bridgehead atoms. The van der Waals surface area contributed by atoms with Crippen LogP contribution in [0.1, 0.15) is 34.1 Å². The van der Waals surface area contributed by atoms with Crippen LogP contribution in [-0.4, -0.2) is 24.8 Å². The van der Waals surface area contributed by atoms with Crippen molar-refractivity contribution in [2.75, 3.05) is 6.54 Å². The third-order valence-electron chi connectivity index (χ3n) is 3.50. The van der Waals surface area contributed by atoms with Gasteiger partial charge in [0.1, 0.15) is 0 Å². The Morgan fingerprint density at radius 1 is 1.33 bits per heavy atom. The van der Waals surface area contributed by atoms with Crippen molar-refractivity contribution in [3.05, 3.63) is 0 Å². The summed E-state index contributed by atoms with van der Waals surface area (Å²) in [4.78, 5) is 0. The van der Waals surface area contributed by atoms with Gasteiger partial charge in [0.05, 0.1) is 18.2 Å². The molecular formula is C13H23NO. The zero-order valence-corrected chi connectivity index (χ0v) is 10.3. The molecule has 0 aliphatic carbocycles. The van der Waals surface area contributed by atoms with Crippen molar-refractivity contribution < 1.29 is 4.74 Å². The van der Waals surface area contributed by atoms with Crippen LogP contribution in [0.3, 0.4) is 0 Å². The summed E-state index contributed by atoms with van der Waals surface area (Å²) in [5, 5.41) is 3.43. The van der Waals surface area contributed by atoms with Gasteiger partial charge in [-0.1, -0.05) is 19.8 Å². The van der Waals surface area contributed by atoms with Gasteiger partial charge in [-0.2, -0.15) is 0 Å². The molecule has 0 saturated carbocycles. The number of hydrogen-bond donors (Lipinski definition) is 1. The van der Waals surface area contributed by atoms with Crippen molar-refractivity contribution in [3.8, 4) is 12.3 Å². The monoisotopic (exact) mass is 209 g/mol. The average molecular weight is 209 g/mol. The Morgan fingerprint density at radius 2 is 2.00 bits per heavy atom. The highest BCUT2D eigenvalue weighted by molar-refractivity contribution is 5.07. The Bertz CT molecular complexity index is 233. The summed E-state index contributed by atoms with van der Waals surface area (Å²) in [5.74, 6) is 3.84. The molecule has 0 amide bonds. The largest absolute Gasteiger partial charge is 0.375 e. The topological polar surface area (TPSA) is 21.3 Å². The standard InChI is InChI=1S/C13H23NO/c1-6-8-14-12(7-2)13-9(3)10(4)15-11(13)5/h2,9-14H,6,8H2,1,3-5H3. The molecule has 0 aromatic heterocycles. The summed E-state index contributed by atoms with van der Waals surface area (Å²) in [6.45, 7) is 9.63. The van der Waals surface area contributed by atoms with Gasteiger partial charge in [-0.3, -0.25) is 0 Å². The fourth-order valence-corrected chi connectivity index (χ4v) is 2.47. The Hall–Kier alpha value is -0.520. The maximum absolute atomic E-state index is 5.81. The van der Waals surface area contributed by atoms with Crippen LogP contribution in [0.4, 0.5) is 0 Å². The number of rotatable bonds is 4. The summed E-state index contributed by atoms with van der Waals surface area (Å²) >= 11 is 0. The quantitative estimate of drug-likeness (QED) is 0.716. The lowest BCUT2D eigenvalue weighted by molar-refractivity contribution is 0.0495. The molecule has 5 atom stereocenters. The zero-order valence-electron chi connectivity index (χ0n) is 10.3. The smallest absolute Gasteiger partial charge is 0.0743 e. The molecule has 86 valence electrons. The number of nitrogens with one attached hydrogen (secondary N) is 1. The maximum Gasteiger partial charge on any atom is 0.0743 e. The van der Waals surface area contributed by atoms with E-state index in [1.54, 1.807) is 0 Å². The first-order valence-electron chi connectivity index (χ1n) is 5.96. The predicted molar refractivity (Wildman–Crippen MR) is 63.6 cm³/mol. The van der Waals surface area contributed by atoms with Gasteiger partial charge in [0.15, 0.2) is 0 Å². The van der Waals surface area contributed by atoms with Gasteiger partial charge in [-0.25, -0.2) is 0 Å². The number of hydrogen-bond acceptors (Lipinski definition) is 2. The summed E-state index contributed by atoms with van der Waals surface area (Å²) in [5.41, 5.74) is 0. The Labute approximate surface area is 93.8 Å². The van der Waals surface area contributed by atoms with Crippen molar-refractivity contribution in [2.45, 2.75) is 52.4 Å². The second kappa shape index (κ2) is 5.53.